The van der Waals surface area contributed by atoms with Gasteiger partial charge in [-0.1, -0.05) is 12.1 Å². The summed E-state index contributed by atoms with van der Waals surface area (Å²) in [7, 11) is 0.292. The zero-order valence-corrected chi connectivity index (χ0v) is 14.3. The summed E-state index contributed by atoms with van der Waals surface area (Å²) < 4.78 is 25.8. The molecule has 128 valence electrons. The lowest BCUT2D eigenvalue weighted by atomic mass is 10.1. The molecular formula is C16H19N3O4S. The van der Waals surface area contributed by atoms with Crippen molar-refractivity contribution < 1.29 is 13.2 Å². The minimum absolute atomic E-state index is 0.00148. The second kappa shape index (κ2) is 5.94. The van der Waals surface area contributed by atoms with Crippen molar-refractivity contribution in [1.82, 2.24) is 14.5 Å². The summed E-state index contributed by atoms with van der Waals surface area (Å²) in [5, 5.41) is 3.97. The Morgan fingerprint density at radius 3 is 2.62 bits per heavy atom. The van der Waals surface area contributed by atoms with Gasteiger partial charge in [0.05, 0.1) is 16.8 Å². The van der Waals surface area contributed by atoms with Crippen LogP contribution in [0.1, 0.15) is 12.0 Å². The van der Waals surface area contributed by atoms with E-state index >= 15 is 0 Å². The number of hydrogen-bond donors (Lipinski definition) is 1. The maximum atomic E-state index is 12.0. The smallest absolute Gasteiger partial charge is 0.328 e. The third kappa shape index (κ3) is 3.14. The van der Waals surface area contributed by atoms with Crippen LogP contribution in [0.2, 0.25) is 0 Å². The summed E-state index contributed by atoms with van der Waals surface area (Å²) in [6.07, 6.45) is 1.72. The highest BCUT2D eigenvalue weighted by Crippen LogP contribution is 2.18. The van der Waals surface area contributed by atoms with E-state index in [1.54, 1.807) is 29.3 Å². The second-order valence-electron chi connectivity index (χ2n) is 6.12. The average molecular weight is 349 g/mol. The van der Waals surface area contributed by atoms with E-state index in [9.17, 15) is 18.0 Å². The molecule has 1 amide bonds. The molecule has 2 heterocycles. The Morgan fingerprint density at radius 1 is 1.25 bits per heavy atom. The number of imidazole rings is 1. The molecule has 1 atom stereocenters. The molecule has 1 N–H and O–H groups in total. The molecular weight excluding hydrogens is 330 g/mol. The van der Waals surface area contributed by atoms with Crippen LogP contribution in [-0.4, -0.2) is 29.2 Å². The minimum Gasteiger partial charge on any atom is -0.352 e. The summed E-state index contributed by atoms with van der Waals surface area (Å²) in [6, 6.07) is 5.59. The number of fused-ring (bicyclic) bond motifs is 1. The molecule has 0 radical (unpaired) electrons. The van der Waals surface area contributed by atoms with Gasteiger partial charge in [-0.25, -0.2) is 13.2 Å². The van der Waals surface area contributed by atoms with Gasteiger partial charge in [0.15, 0.2) is 9.84 Å². The van der Waals surface area contributed by atoms with Crippen LogP contribution in [0.15, 0.2) is 34.5 Å². The van der Waals surface area contributed by atoms with E-state index in [0.717, 1.165) is 16.6 Å². The molecule has 0 fully saturated rings. The first-order chi connectivity index (χ1) is 11.3. The van der Waals surface area contributed by atoms with Crippen LogP contribution in [0.25, 0.3) is 11.0 Å². The second-order valence-corrected chi connectivity index (χ2v) is 8.05. The molecule has 2 aromatic rings. The van der Waals surface area contributed by atoms with E-state index in [2.05, 4.69) is 5.32 Å². The van der Waals surface area contributed by atoms with E-state index in [1.165, 1.54) is 5.41 Å². The van der Waals surface area contributed by atoms with Gasteiger partial charge in [0.25, 0.3) is 0 Å². The van der Waals surface area contributed by atoms with Gasteiger partial charge in [-0.05, 0) is 17.7 Å². The molecule has 1 aliphatic rings. The Morgan fingerprint density at radius 2 is 1.96 bits per heavy atom. The lowest BCUT2D eigenvalue weighted by Gasteiger charge is -2.08. The summed E-state index contributed by atoms with van der Waals surface area (Å²) >= 11 is 0. The highest BCUT2D eigenvalue weighted by Gasteiger charge is 2.23. The van der Waals surface area contributed by atoms with E-state index in [0.29, 0.717) is 6.54 Å². The summed E-state index contributed by atoms with van der Waals surface area (Å²) in [5.41, 5.74) is 2.42. The van der Waals surface area contributed by atoms with Crippen molar-refractivity contribution in [1.29, 1.82) is 0 Å². The first-order valence-corrected chi connectivity index (χ1v) is 9.30. The van der Waals surface area contributed by atoms with Crippen molar-refractivity contribution in [2.75, 3.05) is 5.75 Å². The Kier molecular flexibility index (Phi) is 4.08. The molecule has 0 saturated heterocycles. The van der Waals surface area contributed by atoms with Crippen molar-refractivity contribution >= 4 is 26.8 Å². The highest BCUT2D eigenvalue weighted by molar-refractivity contribution is 7.94. The largest absolute Gasteiger partial charge is 0.352 e. The normalized spacial score (nSPS) is 19.0. The number of nitrogens with zero attached hydrogens (tertiary/aromatic N) is 2. The van der Waals surface area contributed by atoms with Crippen molar-refractivity contribution in [2.24, 2.45) is 20.0 Å². The lowest BCUT2D eigenvalue weighted by molar-refractivity contribution is -0.121. The molecule has 1 aromatic heterocycles. The van der Waals surface area contributed by atoms with Crippen LogP contribution < -0.4 is 11.0 Å². The molecule has 8 heteroatoms. The van der Waals surface area contributed by atoms with Crippen LogP contribution in [0.3, 0.4) is 0 Å². The summed E-state index contributed by atoms with van der Waals surface area (Å²) in [6.45, 7) is 0.334. The fraction of sp³-hybridized carbons (Fsp3) is 0.375. The molecule has 1 aromatic carbocycles. The molecule has 0 spiro atoms. The Hall–Kier alpha value is -2.35. The number of carbonyl (C=O) groups excluding carboxylic acids is 1. The molecule has 3 rings (SSSR count). The first-order valence-electron chi connectivity index (χ1n) is 7.59. The van der Waals surface area contributed by atoms with E-state index in [4.69, 9.17) is 0 Å². The van der Waals surface area contributed by atoms with Crippen molar-refractivity contribution in [3.05, 3.63) is 45.7 Å². The molecule has 1 aliphatic heterocycles. The summed E-state index contributed by atoms with van der Waals surface area (Å²) in [5.74, 6) is -0.449. The van der Waals surface area contributed by atoms with Crippen LogP contribution in [0.4, 0.5) is 0 Å². The van der Waals surface area contributed by atoms with Gasteiger partial charge in [-0.3, -0.25) is 13.9 Å². The number of rotatable bonds is 4. The van der Waals surface area contributed by atoms with Gasteiger partial charge in [0.1, 0.15) is 0 Å². The molecule has 0 aliphatic carbocycles. The van der Waals surface area contributed by atoms with Gasteiger partial charge in [-0.15, -0.1) is 0 Å². The van der Waals surface area contributed by atoms with Crippen molar-refractivity contribution in [2.45, 2.75) is 13.0 Å². The third-order valence-corrected chi connectivity index (χ3v) is 5.74. The predicted octanol–water partition coefficient (Wildman–Crippen LogP) is 0.442. The molecule has 0 bridgehead atoms. The quantitative estimate of drug-likeness (QED) is 0.867. The van der Waals surface area contributed by atoms with Gasteiger partial charge in [-0.2, -0.15) is 0 Å². The maximum Gasteiger partial charge on any atom is 0.328 e. The van der Waals surface area contributed by atoms with E-state index in [-0.39, 0.29) is 29.7 Å². The molecule has 0 unspecified atom stereocenters. The van der Waals surface area contributed by atoms with Crippen LogP contribution >= 0.6 is 0 Å². The molecule has 7 nitrogen and oxygen atoms in total. The molecule has 24 heavy (non-hydrogen) atoms. The third-order valence-electron chi connectivity index (χ3n) is 4.28. The maximum absolute atomic E-state index is 12.0. The number of hydrogen-bond acceptors (Lipinski definition) is 4. The number of nitrogens with one attached hydrogen (secondary N) is 1. The average Bonchev–Trinajstić information content (AvgIpc) is 2.98. The predicted molar refractivity (Wildman–Crippen MR) is 91.0 cm³/mol. The fourth-order valence-corrected chi connectivity index (χ4v) is 4.34. The van der Waals surface area contributed by atoms with Crippen molar-refractivity contribution in [3.8, 4) is 0 Å². The number of amides is 1. The van der Waals surface area contributed by atoms with E-state index < -0.39 is 9.84 Å². The zero-order chi connectivity index (χ0) is 17.5. The standard InChI is InChI=1S/C16H19N3O4S/c1-18-13-4-3-11(7-14(13)19(2)16(18)21)9-17-15(20)8-12-5-6-24(22,23)10-12/h3-7,12H,8-10H2,1-2H3,(H,17,20)/t12-/m1/s1. The SMILES string of the molecule is Cn1c(=O)n(C)c2cc(CNC(=O)C[C@H]3C=CS(=O)(=O)C3)ccc21. The Bertz CT molecular complexity index is 998. The van der Waals surface area contributed by atoms with E-state index in [1.807, 2.05) is 18.2 Å². The van der Waals surface area contributed by atoms with Gasteiger partial charge in [0.2, 0.25) is 5.91 Å². The van der Waals surface area contributed by atoms with Crippen LogP contribution in [0.5, 0.6) is 0 Å². The topological polar surface area (TPSA) is 90.2 Å². The van der Waals surface area contributed by atoms with Crippen LogP contribution in [0, 0.1) is 5.92 Å². The molecule has 0 saturated carbocycles. The number of carbonyl (C=O) groups is 1. The lowest BCUT2D eigenvalue weighted by Crippen LogP contribution is -2.25. The number of sulfone groups is 1. The number of allylic oxidation sites excluding steroid dienone is 1. The van der Waals surface area contributed by atoms with Gasteiger partial charge >= 0.3 is 5.69 Å². The highest BCUT2D eigenvalue weighted by atomic mass is 32.2. The van der Waals surface area contributed by atoms with Gasteiger partial charge < -0.3 is 5.32 Å². The van der Waals surface area contributed by atoms with Crippen molar-refractivity contribution in [3.63, 3.8) is 0 Å². The fourth-order valence-electron chi connectivity index (χ4n) is 2.94. The first kappa shape index (κ1) is 16.5. The summed E-state index contributed by atoms with van der Waals surface area (Å²) in [4.78, 5) is 23.9. The Balaban J connectivity index is 1.65. The monoisotopic (exact) mass is 349 g/mol. The minimum atomic E-state index is -3.13. The number of aryl methyl sites for hydroxylation is 2. The van der Waals surface area contributed by atoms with Crippen LogP contribution in [-0.2, 0) is 35.3 Å². The number of benzene rings is 1. The zero-order valence-electron chi connectivity index (χ0n) is 13.5. The Labute approximate surface area is 139 Å². The number of aromatic nitrogens is 2. The van der Waals surface area contributed by atoms with Gasteiger partial charge in [0, 0.05) is 38.4 Å².